The fraction of sp³-hybridized carbons (Fsp3) is 0.143. The van der Waals surface area contributed by atoms with E-state index in [1.54, 1.807) is 0 Å². The van der Waals surface area contributed by atoms with E-state index in [0.29, 0.717) is 5.56 Å². The smallest absolute Gasteiger partial charge is 0.253 e. The predicted molar refractivity (Wildman–Crippen MR) is 82.4 cm³/mol. The van der Waals surface area contributed by atoms with E-state index in [-0.39, 0.29) is 23.4 Å². The second-order valence-corrected chi connectivity index (χ2v) is 6.12. The lowest BCUT2D eigenvalue weighted by molar-refractivity contribution is -0.117. The molecule has 0 spiro atoms. The van der Waals surface area contributed by atoms with E-state index in [1.807, 2.05) is 0 Å². The third-order valence-corrected chi connectivity index (χ3v) is 4.54. The van der Waals surface area contributed by atoms with E-state index in [2.05, 4.69) is 4.72 Å². The highest BCUT2D eigenvalue weighted by atomic mass is 32.2. The number of aryl methyl sites for hydroxylation is 1. The Kier molecular flexibility index (Phi) is 3.64. The number of aromatic hydroxyl groups is 1. The molecule has 1 amide bonds. The molecule has 1 atom stereocenters. The summed E-state index contributed by atoms with van der Waals surface area (Å²) in [5.74, 6) is -1.79. The van der Waals surface area contributed by atoms with Gasteiger partial charge >= 0.3 is 0 Å². The van der Waals surface area contributed by atoms with Crippen LogP contribution in [-0.4, -0.2) is 26.3 Å². The fourth-order valence-electron chi connectivity index (χ4n) is 2.30. The third-order valence-electron chi connectivity index (χ3n) is 3.43. The second kappa shape index (κ2) is 5.51. The second-order valence-electron chi connectivity index (χ2n) is 4.97. The van der Waals surface area contributed by atoms with Crippen molar-refractivity contribution in [1.82, 2.24) is 9.29 Å². The number of anilines is 1. The number of phenols is 1. The number of benzene rings is 1. The maximum atomic E-state index is 14.8. The Hall–Kier alpha value is -2.68. The molecule has 0 aliphatic carbocycles. The van der Waals surface area contributed by atoms with Crippen LogP contribution >= 0.6 is 0 Å². The Labute approximate surface area is 132 Å². The maximum absolute atomic E-state index is 14.8. The summed E-state index contributed by atoms with van der Waals surface area (Å²) in [5.41, 5.74) is -0.0449. The number of rotatable bonds is 2. The van der Waals surface area contributed by atoms with E-state index in [9.17, 15) is 23.3 Å². The molecule has 1 aliphatic rings. The largest absolute Gasteiger partial charge is 0.506 e. The molecule has 0 radical (unpaired) electrons. The maximum Gasteiger partial charge on any atom is 0.253 e. The quantitative estimate of drug-likeness (QED) is 0.830. The molecule has 7 nitrogen and oxygen atoms in total. The minimum absolute atomic E-state index is 0.116. The van der Waals surface area contributed by atoms with Crippen molar-refractivity contribution in [1.29, 1.82) is 0 Å². The summed E-state index contributed by atoms with van der Waals surface area (Å²) in [6, 6.07) is 5.34. The van der Waals surface area contributed by atoms with Gasteiger partial charge in [0, 0.05) is 30.4 Å². The van der Waals surface area contributed by atoms with Crippen molar-refractivity contribution in [3.63, 3.8) is 0 Å². The SMILES string of the molecule is Cn1cc(-c2ccc(O)c(N3CC(=O)NS3=O)c2F)ccc1=O. The molecule has 1 aromatic carbocycles. The van der Waals surface area contributed by atoms with E-state index < -0.39 is 28.6 Å². The first-order valence-electron chi connectivity index (χ1n) is 6.56. The number of nitrogens with zero attached hydrogens (tertiary/aromatic N) is 2. The molecule has 2 N–H and O–H groups in total. The van der Waals surface area contributed by atoms with Crippen molar-refractivity contribution < 1.29 is 18.5 Å². The van der Waals surface area contributed by atoms with Gasteiger partial charge in [-0.05, 0) is 18.2 Å². The number of amides is 1. The number of halogens is 1. The molecule has 23 heavy (non-hydrogen) atoms. The molecular formula is C14H12FN3O4S. The van der Waals surface area contributed by atoms with Crippen LogP contribution in [0, 0.1) is 5.82 Å². The van der Waals surface area contributed by atoms with Crippen LogP contribution in [0.2, 0.25) is 0 Å². The lowest BCUT2D eigenvalue weighted by atomic mass is 10.1. The van der Waals surface area contributed by atoms with Crippen LogP contribution < -0.4 is 14.6 Å². The van der Waals surface area contributed by atoms with Crippen LogP contribution in [0.25, 0.3) is 11.1 Å². The van der Waals surface area contributed by atoms with Gasteiger partial charge in [0.2, 0.25) is 16.7 Å². The number of pyridine rings is 1. The van der Waals surface area contributed by atoms with Crippen molar-refractivity contribution in [3.05, 3.63) is 46.6 Å². The highest BCUT2D eigenvalue weighted by Gasteiger charge is 2.32. The fourth-order valence-corrected chi connectivity index (χ4v) is 3.25. The first-order chi connectivity index (χ1) is 10.9. The minimum atomic E-state index is -1.96. The lowest BCUT2D eigenvalue weighted by Crippen LogP contribution is -2.23. The van der Waals surface area contributed by atoms with Gasteiger partial charge in [0.25, 0.3) is 5.91 Å². The number of nitrogens with one attached hydrogen (secondary N) is 1. The van der Waals surface area contributed by atoms with Gasteiger partial charge in [-0.1, -0.05) is 0 Å². The number of hydrogen-bond donors (Lipinski definition) is 2. The first kappa shape index (κ1) is 15.2. The molecule has 1 fully saturated rings. The predicted octanol–water partition coefficient (Wildman–Crippen LogP) is 0.412. The standard InChI is InChI=1S/C14H12FN3O4S/c1-17-6-8(2-5-12(17)21)9-3-4-10(19)14(13(9)15)18-7-11(20)16-23(18)22/h2-6,19H,7H2,1H3,(H,16,20). The van der Waals surface area contributed by atoms with E-state index >= 15 is 0 Å². The number of phenolic OH excluding ortho intramolecular Hbond substituents is 1. The van der Waals surface area contributed by atoms with Gasteiger partial charge in [0.05, 0.1) is 0 Å². The number of carbonyl (C=O) groups is 1. The van der Waals surface area contributed by atoms with Gasteiger partial charge in [-0.15, -0.1) is 0 Å². The molecule has 1 unspecified atom stereocenters. The average Bonchev–Trinajstić information content (AvgIpc) is 2.81. The van der Waals surface area contributed by atoms with Crippen LogP contribution in [0.15, 0.2) is 35.3 Å². The summed E-state index contributed by atoms with van der Waals surface area (Å²) in [5, 5.41) is 9.92. The zero-order chi connectivity index (χ0) is 16.7. The van der Waals surface area contributed by atoms with Crippen molar-refractivity contribution in [2.24, 2.45) is 7.05 Å². The van der Waals surface area contributed by atoms with Crippen LogP contribution in [0.3, 0.4) is 0 Å². The summed E-state index contributed by atoms with van der Waals surface area (Å²) >= 11 is -1.96. The van der Waals surface area contributed by atoms with Crippen molar-refractivity contribution in [2.75, 3.05) is 10.8 Å². The molecular weight excluding hydrogens is 325 g/mol. The summed E-state index contributed by atoms with van der Waals surface area (Å²) in [4.78, 5) is 22.7. The van der Waals surface area contributed by atoms with Gasteiger partial charge in [-0.2, -0.15) is 0 Å². The third kappa shape index (κ3) is 2.59. The number of aromatic nitrogens is 1. The summed E-state index contributed by atoms with van der Waals surface area (Å²) in [6.45, 7) is -0.326. The van der Waals surface area contributed by atoms with Gasteiger partial charge in [-0.3, -0.25) is 18.6 Å². The lowest BCUT2D eigenvalue weighted by Gasteiger charge is -2.18. The molecule has 3 rings (SSSR count). The molecule has 0 saturated carbocycles. The normalized spacial score (nSPS) is 17.4. The summed E-state index contributed by atoms with van der Waals surface area (Å²) < 4.78 is 31.0. The summed E-state index contributed by atoms with van der Waals surface area (Å²) in [6.07, 6.45) is 1.45. The average molecular weight is 337 g/mol. The Morgan fingerprint density at radius 3 is 2.61 bits per heavy atom. The van der Waals surface area contributed by atoms with Gasteiger partial charge in [0.15, 0.2) is 5.82 Å². The van der Waals surface area contributed by atoms with Crippen molar-refractivity contribution in [2.45, 2.75) is 0 Å². The van der Waals surface area contributed by atoms with Crippen LogP contribution in [-0.2, 0) is 23.0 Å². The molecule has 2 heterocycles. The van der Waals surface area contributed by atoms with Crippen molar-refractivity contribution >= 4 is 22.8 Å². The zero-order valence-corrected chi connectivity index (χ0v) is 12.8. The molecule has 1 aromatic heterocycles. The molecule has 2 aromatic rings. The molecule has 0 bridgehead atoms. The molecule has 120 valence electrons. The molecule has 1 aliphatic heterocycles. The van der Waals surface area contributed by atoms with Crippen LogP contribution in [0.1, 0.15) is 0 Å². The molecule has 1 saturated heterocycles. The van der Waals surface area contributed by atoms with Gasteiger partial charge < -0.3 is 9.67 Å². The Morgan fingerprint density at radius 2 is 2.00 bits per heavy atom. The van der Waals surface area contributed by atoms with Gasteiger partial charge in [0.1, 0.15) is 18.0 Å². The zero-order valence-electron chi connectivity index (χ0n) is 11.9. The van der Waals surface area contributed by atoms with Crippen LogP contribution in [0.4, 0.5) is 10.1 Å². The summed E-state index contributed by atoms with van der Waals surface area (Å²) in [7, 11) is 1.53. The highest BCUT2D eigenvalue weighted by molar-refractivity contribution is 7.85. The minimum Gasteiger partial charge on any atom is -0.506 e. The van der Waals surface area contributed by atoms with E-state index in [0.717, 1.165) is 4.31 Å². The first-order valence-corrected chi connectivity index (χ1v) is 7.66. The van der Waals surface area contributed by atoms with Crippen molar-refractivity contribution in [3.8, 4) is 16.9 Å². The topological polar surface area (TPSA) is 91.6 Å². The Morgan fingerprint density at radius 1 is 1.26 bits per heavy atom. The number of carbonyl (C=O) groups excluding carboxylic acids is 1. The molecule has 9 heteroatoms. The van der Waals surface area contributed by atoms with Crippen LogP contribution in [0.5, 0.6) is 5.75 Å². The van der Waals surface area contributed by atoms with E-state index in [4.69, 9.17) is 0 Å². The highest BCUT2D eigenvalue weighted by Crippen LogP contribution is 2.37. The van der Waals surface area contributed by atoms with Gasteiger partial charge in [-0.25, -0.2) is 8.60 Å². The Bertz CT molecular complexity index is 896. The Balaban J connectivity index is 2.16. The monoisotopic (exact) mass is 337 g/mol. The number of hydrogen-bond acceptors (Lipinski definition) is 4. The van der Waals surface area contributed by atoms with E-state index in [1.165, 1.54) is 42.1 Å².